The number of hydrogen-bond donors (Lipinski definition) is 2. The van der Waals surface area contributed by atoms with Crippen molar-refractivity contribution in [3.05, 3.63) is 28.2 Å². The molecule has 0 atom stereocenters. The van der Waals surface area contributed by atoms with Crippen molar-refractivity contribution in [2.24, 2.45) is 0 Å². The van der Waals surface area contributed by atoms with Gasteiger partial charge in [0.05, 0.1) is 12.2 Å². The number of nitrogens with one attached hydrogen (secondary N) is 2. The number of thiocarbonyl (C=S) groups is 1. The molecule has 0 saturated heterocycles. The van der Waals surface area contributed by atoms with Crippen LogP contribution in [0, 0.1) is 0 Å². The highest BCUT2D eigenvalue weighted by atomic mass is 79.9. The molecule has 116 valence electrons. The maximum Gasteiger partial charge on any atom is 0.261 e. The van der Waals surface area contributed by atoms with Crippen molar-refractivity contribution < 1.29 is 14.3 Å². The highest BCUT2D eigenvalue weighted by molar-refractivity contribution is 9.10. The van der Waals surface area contributed by atoms with Crippen LogP contribution in [0.4, 0.5) is 0 Å². The van der Waals surface area contributed by atoms with Crippen LogP contribution >= 0.6 is 28.1 Å². The molecule has 1 aromatic rings. The van der Waals surface area contributed by atoms with Crippen molar-refractivity contribution >= 4 is 39.2 Å². The number of benzene rings is 1. The molecule has 0 aliphatic carbocycles. The Morgan fingerprint density at radius 2 is 2.19 bits per heavy atom. The van der Waals surface area contributed by atoms with Crippen LogP contribution in [-0.2, 0) is 4.74 Å². The summed E-state index contributed by atoms with van der Waals surface area (Å²) in [5, 5.41) is 5.88. The van der Waals surface area contributed by atoms with E-state index in [1.54, 1.807) is 19.2 Å². The van der Waals surface area contributed by atoms with E-state index in [0.29, 0.717) is 36.2 Å². The average Bonchev–Trinajstić information content (AvgIpc) is 2.45. The Labute approximate surface area is 138 Å². The highest BCUT2D eigenvalue weighted by Crippen LogP contribution is 2.23. The molecule has 5 nitrogen and oxygen atoms in total. The van der Waals surface area contributed by atoms with Gasteiger partial charge in [-0.2, -0.15) is 0 Å². The first-order valence-corrected chi connectivity index (χ1v) is 7.79. The van der Waals surface area contributed by atoms with Gasteiger partial charge in [0.1, 0.15) is 5.75 Å². The second kappa shape index (κ2) is 9.70. The van der Waals surface area contributed by atoms with Gasteiger partial charge in [0.25, 0.3) is 5.91 Å². The first kappa shape index (κ1) is 17.9. The van der Waals surface area contributed by atoms with E-state index < -0.39 is 0 Å². The van der Waals surface area contributed by atoms with E-state index >= 15 is 0 Å². The van der Waals surface area contributed by atoms with E-state index in [-0.39, 0.29) is 5.91 Å². The molecule has 0 spiro atoms. The molecule has 7 heteroatoms. The number of amides is 1. The molecule has 0 heterocycles. The molecule has 2 N–H and O–H groups in total. The normalized spacial score (nSPS) is 10.0. The molecule has 0 fully saturated rings. The zero-order chi connectivity index (χ0) is 15.7. The summed E-state index contributed by atoms with van der Waals surface area (Å²) in [7, 11) is 1.64. The molecule has 1 aromatic carbocycles. The number of halogens is 1. The Morgan fingerprint density at radius 3 is 2.86 bits per heavy atom. The van der Waals surface area contributed by atoms with Gasteiger partial charge >= 0.3 is 0 Å². The maximum absolute atomic E-state index is 12.2. The van der Waals surface area contributed by atoms with Crippen LogP contribution in [0.1, 0.15) is 23.7 Å². The molecule has 0 radical (unpaired) electrons. The van der Waals surface area contributed by atoms with Crippen LogP contribution in [-0.4, -0.2) is 37.9 Å². The second-order valence-corrected chi connectivity index (χ2v) is 5.45. The first-order valence-electron chi connectivity index (χ1n) is 6.59. The van der Waals surface area contributed by atoms with Crippen LogP contribution in [0.2, 0.25) is 0 Å². The number of carbonyl (C=O) groups is 1. The van der Waals surface area contributed by atoms with E-state index in [4.69, 9.17) is 21.7 Å². The average molecular weight is 375 g/mol. The highest BCUT2D eigenvalue weighted by Gasteiger charge is 2.14. The number of ether oxygens (including phenoxy) is 2. The summed E-state index contributed by atoms with van der Waals surface area (Å²) >= 11 is 8.43. The van der Waals surface area contributed by atoms with Crippen LogP contribution in [0.15, 0.2) is 22.7 Å². The molecule has 0 saturated carbocycles. The quantitative estimate of drug-likeness (QED) is 0.567. The van der Waals surface area contributed by atoms with E-state index in [1.807, 2.05) is 13.0 Å². The van der Waals surface area contributed by atoms with Gasteiger partial charge in [0.15, 0.2) is 5.11 Å². The van der Waals surface area contributed by atoms with Gasteiger partial charge in [-0.15, -0.1) is 0 Å². The van der Waals surface area contributed by atoms with Crippen molar-refractivity contribution in [3.63, 3.8) is 0 Å². The summed E-state index contributed by atoms with van der Waals surface area (Å²) in [4.78, 5) is 12.2. The Bertz CT molecular complexity index is 497. The predicted octanol–water partition coefficient (Wildman–Crippen LogP) is 2.49. The molecular weight excluding hydrogens is 356 g/mol. The van der Waals surface area contributed by atoms with Crippen molar-refractivity contribution in [2.75, 3.05) is 26.9 Å². The van der Waals surface area contributed by atoms with Crippen LogP contribution in [0.5, 0.6) is 5.75 Å². The topological polar surface area (TPSA) is 59.6 Å². The van der Waals surface area contributed by atoms with Crippen LogP contribution < -0.4 is 15.4 Å². The molecule has 0 aromatic heterocycles. The van der Waals surface area contributed by atoms with Crippen molar-refractivity contribution in [1.82, 2.24) is 10.6 Å². The third-order valence-corrected chi connectivity index (χ3v) is 3.26. The van der Waals surface area contributed by atoms with Crippen LogP contribution in [0.3, 0.4) is 0 Å². The summed E-state index contributed by atoms with van der Waals surface area (Å²) in [6.07, 6.45) is 0.813. The third-order valence-electron chi connectivity index (χ3n) is 2.52. The maximum atomic E-state index is 12.2. The summed E-state index contributed by atoms with van der Waals surface area (Å²) in [6.45, 7) is 3.64. The number of hydrogen-bond acceptors (Lipinski definition) is 4. The molecule has 21 heavy (non-hydrogen) atoms. The summed E-state index contributed by atoms with van der Waals surface area (Å²) in [5.41, 5.74) is 0.437. The molecular formula is C14H19BrN2O3S. The second-order valence-electron chi connectivity index (χ2n) is 4.13. The summed E-state index contributed by atoms with van der Waals surface area (Å²) in [6, 6.07) is 5.27. The Morgan fingerprint density at radius 1 is 1.43 bits per heavy atom. The fourth-order valence-electron chi connectivity index (χ4n) is 1.59. The zero-order valence-electron chi connectivity index (χ0n) is 12.1. The molecule has 1 rings (SSSR count). The molecule has 0 bridgehead atoms. The predicted molar refractivity (Wildman–Crippen MR) is 89.9 cm³/mol. The lowest BCUT2D eigenvalue weighted by atomic mass is 10.2. The largest absolute Gasteiger partial charge is 0.493 e. The van der Waals surface area contributed by atoms with Gasteiger partial charge in [0.2, 0.25) is 0 Å². The van der Waals surface area contributed by atoms with E-state index in [1.165, 1.54) is 0 Å². The Hall–Kier alpha value is -1.18. The number of methoxy groups -OCH3 is 1. The molecule has 0 aliphatic rings. The van der Waals surface area contributed by atoms with E-state index in [9.17, 15) is 4.79 Å². The van der Waals surface area contributed by atoms with Gasteiger partial charge in [-0.25, -0.2) is 0 Å². The first-order chi connectivity index (χ1) is 10.1. The minimum Gasteiger partial charge on any atom is -0.493 e. The van der Waals surface area contributed by atoms with Crippen LogP contribution in [0.25, 0.3) is 0 Å². The lowest BCUT2D eigenvalue weighted by molar-refractivity contribution is 0.0973. The fraction of sp³-hybridized carbons (Fsp3) is 0.429. The minimum absolute atomic E-state index is 0.290. The van der Waals surface area contributed by atoms with Gasteiger partial charge in [0, 0.05) is 24.7 Å². The van der Waals surface area contributed by atoms with Crippen molar-refractivity contribution in [1.29, 1.82) is 0 Å². The zero-order valence-corrected chi connectivity index (χ0v) is 14.5. The van der Waals surface area contributed by atoms with Crippen molar-refractivity contribution in [3.8, 4) is 5.75 Å². The third kappa shape index (κ3) is 6.41. The van der Waals surface area contributed by atoms with Gasteiger partial charge in [-0.05, 0) is 43.8 Å². The lowest BCUT2D eigenvalue weighted by Gasteiger charge is -2.12. The summed E-state index contributed by atoms with van der Waals surface area (Å²) < 4.78 is 11.2. The van der Waals surface area contributed by atoms with Gasteiger partial charge in [-0.1, -0.05) is 15.9 Å². The van der Waals surface area contributed by atoms with E-state index in [0.717, 1.165) is 10.9 Å². The minimum atomic E-state index is -0.302. The molecule has 0 unspecified atom stereocenters. The van der Waals surface area contributed by atoms with Gasteiger partial charge < -0.3 is 14.8 Å². The molecule has 1 amide bonds. The number of carbonyl (C=O) groups excluding carboxylic acids is 1. The lowest BCUT2D eigenvalue weighted by Crippen LogP contribution is -2.40. The van der Waals surface area contributed by atoms with Crippen molar-refractivity contribution in [2.45, 2.75) is 13.3 Å². The SMILES string of the molecule is CCOc1ccc(Br)cc1C(=O)NC(=S)NCCCOC. The fourth-order valence-corrected chi connectivity index (χ4v) is 2.15. The Kier molecular flexibility index (Phi) is 8.26. The standard InChI is InChI=1S/C14H19BrN2O3S/c1-3-20-12-6-5-10(15)9-11(12)13(18)17-14(21)16-7-4-8-19-2/h5-6,9H,3-4,7-8H2,1-2H3,(H2,16,17,18,21). The van der Waals surface area contributed by atoms with Gasteiger partial charge in [-0.3, -0.25) is 10.1 Å². The smallest absolute Gasteiger partial charge is 0.261 e. The summed E-state index contributed by atoms with van der Waals surface area (Å²) in [5.74, 6) is 0.226. The monoisotopic (exact) mass is 374 g/mol. The molecule has 0 aliphatic heterocycles. The Balaban J connectivity index is 2.62. The van der Waals surface area contributed by atoms with E-state index in [2.05, 4.69) is 26.6 Å². The number of rotatable bonds is 7.